The molecule has 5 nitrogen and oxygen atoms in total. The molecule has 24 heavy (non-hydrogen) atoms. The summed E-state index contributed by atoms with van der Waals surface area (Å²) < 4.78 is 10.3. The minimum absolute atomic E-state index is 0.220. The van der Waals surface area contributed by atoms with Gasteiger partial charge in [-0.3, -0.25) is 4.79 Å². The number of hydrogen-bond acceptors (Lipinski definition) is 4. The van der Waals surface area contributed by atoms with Gasteiger partial charge in [-0.2, -0.15) is 0 Å². The first-order valence-electron chi connectivity index (χ1n) is 7.13. The molecule has 0 aliphatic heterocycles. The number of rotatable bonds is 7. The summed E-state index contributed by atoms with van der Waals surface area (Å²) in [6.45, 7) is 0.182. The summed E-state index contributed by atoms with van der Waals surface area (Å²) >= 11 is 11.6. The smallest absolute Gasteiger partial charge is 0.340 e. The monoisotopic (exact) mass is 367 g/mol. The highest BCUT2D eigenvalue weighted by atomic mass is 35.5. The average Bonchev–Trinajstić information content (AvgIpc) is 2.58. The number of benzene rings is 2. The predicted molar refractivity (Wildman–Crippen MR) is 91.7 cm³/mol. The van der Waals surface area contributed by atoms with Gasteiger partial charge in [-0.05, 0) is 36.4 Å². The standard InChI is InChI=1S/C17H15Cl2NO4/c18-12-5-7-13(8-6-12)23-10-9-20-16(21)11-24-17(22)14-3-1-2-4-15(14)19/h1-8H,9-11H2,(H,20,21). The minimum atomic E-state index is -0.645. The van der Waals surface area contributed by atoms with Crippen molar-refractivity contribution in [3.8, 4) is 5.75 Å². The van der Waals surface area contributed by atoms with Gasteiger partial charge in [0.1, 0.15) is 12.4 Å². The van der Waals surface area contributed by atoms with Crippen molar-refractivity contribution < 1.29 is 19.1 Å². The van der Waals surface area contributed by atoms with Crippen LogP contribution in [0, 0.1) is 0 Å². The molecule has 0 aliphatic carbocycles. The number of carbonyl (C=O) groups excluding carboxylic acids is 2. The first kappa shape index (κ1) is 18.1. The maximum absolute atomic E-state index is 11.8. The number of hydrogen-bond donors (Lipinski definition) is 1. The van der Waals surface area contributed by atoms with Crippen molar-refractivity contribution in [2.45, 2.75) is 0 Å². The molecule has 0 radical (unpaired) electrons. The molecule has 0 heterocycles. The van der Waals surface area contributed by atoms with Gasteiger partial charge in [-0.25, -0.2) is 4.79 Å². The summed E-state index contributed by atoms with van der Waals surface area (Å²) in [5.74, 6) is -0.415. The third-order valence-electron chi connectivity index (χ3n) is 2.93. The summed E-state index contributed by atoms with van der Waals surface area (Å²) in [7, 11) is 0. The van der Waals surface area contributed by atoms with Crippen LogP contribution in [-0.2, 0) is 9.53 Å². The van der Waals surface area contributed by atoms with Crippen LogP contribution in [0.25, 0.3) is 0 Å². The van der Waals surface area contributed by atoms with Crippen LogP contribution in [0.15, 0.2) is 48.5 Å². The molecular formula is C17H15Cl2NO4. The molecule has 2 aromatic carbocycles. The van der Waals surface area contributed by atoms with Crippen LogP contribution in [0.1, 0.15) is 10.4 Å². The van der Waals surface area contributed by atoms with Crippen LogP contribution in [0.4, 0.5) is 0 Å². The lowest BCUT2D eigenvalue weighted by Gasteiger charge is -2.09. The highest BCUT2D eigenvalue weighted by Gasteiger charge is 2.12. The quantitative estimate of drug-likeness (QED) is 0.601. The van der Waals surface area contributed by atoms with Crippen LogP contribution in [-0.4, -0.2) is 31.6 Å². The lowest BCUT2D eigenvalue weighted by Crippen LogP contribution is -2.32. The molecule has 1 N–H and O–H groups in total. The Hall–Kier alpha value is -2.24. The number of esters is 1. The largest absolute Gasteiger partial charge is 0.492 e. The maximum Gasteiger partial charge on any atom is 0.340 e. The molecular weight excluding hydrogens is 353 g/mol. The predicted octanol–water partition coefficient (Wildman–Crippen LogP) is 3.35. The highest BCUT2D eigenvalue weighted by Crippen LogP contribution is 2.16. The summed E-state index contributed by atoms with van der Waals surface area (Å²) in [5.41, 5.74) is 0.220. The van der Waals surface area contributed by atoms with E-state index in [0.717, 1.165) is 0 Å². The lowest BCUT2D eigenvalue weighted by molar-refractivity contribution is -0.124. The first-order chi connectivity index (χ1) is 11.6. The van der Waals surface area contributed by atoms with E-state index >= 15 is 0 Å². The molecule has 126 valence electrons. The van der Waals surface area contributed by atoms with Crippen molar-refractivity contribution in [3.63, 3.8) is 0 Å². The summed E-state index contributed by atoms with van der Waals surface area (Å²) in [6.07, 6.45) is 0. The van der Waals surface area contributed by atoms with Crippen LogP contribution >= 0.6 is 23.2 Å². The van der Waals surface area contributed by atoms with E-state index in [1.165, 1.54) is 6.07 Å². The molecule has 0 aromatic heterocycles. The van der Waals surface area contributed by atoms with E-state index in [4.69, 9.17) is 32.7 Å². The molecule has 0 bridgehead atoms. The number of nitrogens with one attached hydrogen (secondary N) is 1. The summed E-state index contributed by atoms with van der Waals surface area (Å²) in [6, 6.07) is 13.4. The van der Waals surface area contributed by atoms with Crippen LogP contribution in [0.3, 0.4) is 0 Å². The van der Waals surface area contributed by atoms with Gasteiger partial charge in [0.2, 0.25) is 0 Å². The Morgan fingerprint density at radius 1 is 1.00 bits per heavy atom. The second-order valence-electron chi connectivity index (χ2n) is 4.71. The first-order valence-corrected chi connectivity index (χ1v) is 7.88. The normalized spacial score (nSPS) is 10.1. The molecule has 0 atom stereocenters. The van der Waals surface area contributed by atoms with E-state index in [9.17, 15) is 9.59 Å². The number of ether oxygens (including phenoxy) is 2. The fourth-order valence-corrected chi connectivity index (χ4v) is 2.12. The van der Waals surface area contributed by atoms with Gasteiger partial charge in [0.05, 0.1) is 17.1 Å². The fourth-order valence-electron chi connectivity index (χ4n) is 1.78. The Labute approximate surface area is 149 Å². The topological polar surface area (TPSA) is 64.6 Å². The zero-order valence-electron chi connectivity index (χ0n) is 12.6. The zero-order chi connectivity index (χ0) is 17.4. The average molecular weight is 368 g/mol. The molecule has 1 amide bonds. The van der Waals surface area contributed by atoms with Crippen molar-refractivity contribution in [2.75, 3.05) is 19.8 Å². The van der Waals surface area contributed by atoms with Crippen LogP contribution in [0.5, 0.6) is 5.75 Å². The number of halogens is 2. The van der Waals surface area contributed by atoms with Gasteiger partial charge in [0.25, 0.3) is 5.91 Å². The number of carbonyl (C=O) groups is 2. The molecule has 0 spiro atoms. The van der Waals surface area contributed by atoms with Crippen LogP contribution < -0.4 is 10.1 Å². The Kier molecular flexibility index (Phi) is 6.90. The molecule has 2 rings (SSSR count). The van der Waals surface area contributed by atoms with Crippen molar-refractivity contribution >= 4 is 35.1 Å². The molecule has 0 unspecified atom stereocenters. The Morgan fingerprint density at radius 2 is 1.71 bits per heavy atom. The zero-order valence-corrected chi connectivity index (χ0v) is 14.1. The van der Waals surface area contributed by atoms with Crippen LogP contribution in [0.2, 0.25) is 10.0 Å². The van der Waals surface area contributed by atoms with E-state index in [1.807, 2.05) is 0 Å². The second kappa shape index (κ2) is 9.15. The third kappa shape index (κ3) is 5.76. The van der Waals surface area contributed by atoms with Gasteiger partial charge in [-0.1, -0.05) is 35.3 Å². The molecule has 0 fully saturated rings. The molecule has 0 aliphatic rings. The van der Waals surface area contributed by atoms with Gasteiger partial charge in [0, 0.05) is 5.02 Å². The SMILES string of the molecule is O=C(COC(=O)c1ccccc1Cl)NCCOc1ccc(Cl)cc1. The van der Waals surface area contributed by atoms with Crippen molar-refractivity contribution in [3.05, 3.63) is 64.1 Å². The maximum atomic E-state index is 11.8. The van der Waals surface area contributed by atoms with Gasteiger partial charge >= 0.3 is 5.97 Å². The molecule has 0 saturated heterocycles. The number of amides is 1. The van der Waals surface area contributed by atoms with E-state index < -0.39 is 11.9 Å². The van der Waals surface area contributed by atoms with Gasteiger partial charge in [0.15, 0.2) is 6.61 Å². The molecule has 2 aromatic rings. The third-order valence-corrected chi connectivity index (χ3v) is 3.52. The van der Waals surface area contributed by atoms with E-state index in [-0.39, 0.29) is 30.3 Å². The van der Waals surface area contributed by atoms with Crippen molar-refractivity contribution in [1.82, 2.24) is 5.32 Å². The Bertz CT molecular complexity index is 704. The van der Waals surface area contributed by atoms with E-state index in [1.54, 1.807) is 42.5 Å². The second-order valence-corrected chi connectivity index (χ2v) is 5.55. The minimum Gasteiger partial charge on any atom is -0.492 e. The molecule has 7 heteroatoms. The van der Waals surface area contributed by atoms with E-state index in [2.05, 4.69) is 5.32 Å². The Morgan fingerprint density at radius 3 is 2.42 bits per heavy atom. The van der Waals surface area contributed by atoms with Crippen molar-refractivity contribution in [2.24, 2.45) is 0 Å². The fraction of sp³-hybridized carbons (Fsp3) is 0.176. The Balaban J connectivity index is 1.65. The van der Waals surface area contributed by atoms with Gasteiger partial charge < -0.3 is 14.8 Å². The highest BCUT2D eigenvalue weighted by molar-refractivity contribution is 6.33. The molecule has 0 saturated carbocycles. The lowest BCUT2D eigenvalue weighted by atomic mass is 10.2. The summed E-state index contributed by atoms with van der Waals surface area (Å²) in [5, 5.41) is 3.48. The summed E-state index contributed by atoms with van der Waals surface area (Å²) in [4.78, 5) is 23.4. The van der Waals surface area contributed by atoms with Crippen molar-refractivity contribution in [1.29, 1.82) is 0 Å². The van der Waals surface area contributed by atoms with Gasteiger partial charge in [-0.15, -0.1) is 0 Å². The van der Waals surface area contributed by atoms with E-state index in [0.29, 0.717) is 10.8 Å².